The third kappa shape index (κ3) is 8.37. The van der Waals surface area contributed by atoms with Crippen molar-refractivity contribution < 1.29 is 23.4 Å². The van der Waals surface area contributed by atoms with E-state index in [0.29, 0.717) is 25.7 Å². The molecule has 0 bridgehead atoms. The molecule has 1 aliphatic rings. The molecular formula is C30H38O5Si. The molecule has 192 valence electrons. The summed E-state index contributed by atoms with van der Waals surface area (Å²) in [5.41, 5.74) is 3.29. The molecule has 4 atom stereocenters. The Morgan fingerprint density at radius 2 is 1.25 bits per heavy atom. The summed E-state index contributed by atoms with van der Waals surface area (Å²) >= 11 is 0. The second kappa shape index (κ2) is 14.4. The van der Waals surface area contributed by atoms with Gasteiger partial charge in [0.2, 0.25) is 0 Å². The molecule has 1 fully saturated rings. The molecule has 0 amide bonds. The molecule has 1 N–H and O–H groups in total. The van der Waals surface area contributed by atoms with Gasteiger partial charge in [0.15, 0.2) is 0 Å². The van der Waals surface area contributed by atoms with Gasteiger partial charge in [0.05, 0.1) is 37.8 Å². The molecule has 0 aliphatic heterocycles. The predicted molar refractivity (Wildman–Crippen MR) is 143 cm³/mol. The minimum atomic E-state index is -2.19. The van der Waals surface area contributed by atoms with Crippen molar-refractivity contribution in [2.75, 3.05) is 7.11 Å². The van der Waals surface area contributed by atoms with Crippen molar-refractivity contribution in [2.24, 2.45) is 5.92 Å². The van der Waals surface area contributed by atoms with Gasteiger partial charge in [-0.1, -0.05) is 91.0 Å². The third-order valence-corrected chi connectivity index (χ3v) is 9.00. The van der Waals surface area contributed by atoms with Crippen LogP contribution in [0.2, 0.25) is 0 Å². The highest BCUT2D eigenvalue weighted by atomic mass is 28.3. The van der Waals surface area contributed by atoms with E-state index in [2.05, 4.69) is 36.4 Å². The van der Waals surface area contributed by atoms with E-state index in [1.165, 1.54) is 0 Å². The average molecular weight is 507 g/mol. The Labute approximate surface area is 216 Å². The lowest BCUT2D eigenvalue weighted by atomic mass is 9.83. The molecule has 5 nitrogen and oxygen atoms in total. The summed E-state index contributed by atoms with van der Waals surface area (Å²) in [6.07, 6.45) is 2.74. The molecular weight excluding hydrogens is 468 g/mol. The normalized spacial score (nSPS) is 20.9. The van der Waals surface area contributed by atoms with Crippen LogP contribution in [0.1, 0.15) is 42.4 Å². The number of hydrogen-bond donors (Lipinski definition) is 1. The minimum absolute atomic E-state index is 0.0903. The van der Waals surface area contributed by atoms with Crippen molar-refractivity contribution in [3.8, 4) is 0 Å². The fraction of sp³-hybridized carbons (Fsp3) is 0.400. The van der Waals surface area contributed by atoms with Crippen LogP contribution in [0.15, 0.2) is 91.0 Å². The maximum atomic E-state index is 10.6. The van der Waals surface area contributed by atoms with Crippen LogP contribution in [0.25, 0.3) is 0 Å². The van der Waals surface area contributed by atoms with E-state index in [-0.39, 0.29) is 11.8 Å². The molecule has 36 heavy (non-hydrogen) atoms. The zero-order chi connectivity index (χ0) is 25.0. The van der Waals surface area contributed by atoms with Gasteiger partial charge < -0.3 is 23.4 Å². The fourth-order valence-electron chi connectivity index (χ4n) is 4.78. The van der Waals surface area contributed by atoms with Crippen LogP contribution in [0.5, 0.6) is 0 Å². The quantitative estimate of drug-likeness (QED) is 0.318. The summed E-state index contributed by atoms with van der Waals surface area (Å²) in [5.74, 6) is 0.384. The number of ether oxygens (including phenoxy) is 2. The van der Waals surface area contributed by atoms with Gasteiger partial charge >= 0.3 is 9.28 Å². The molecule has 0 radical (unpaired) electrons. The third-order valence-electron chi connectivity index (χ3n) is 6.86. The van der Waals surface area contributed by atoms with Crippen LogP contribution in [0.3, 0.4) is 0 Å². The zero-order valence-electron chi connectivity index (χ0n) is 21.1. The zero-order valence-corrected chi connectivity index (χ0v) is 22.2. The minimum Gasteiger partial charge on any atom is -0.391 e. The van der Waals surface area contributed by atoms with Crippen molar-refractivity contribution in [3.05, 3.63) is 108 Å². The molecule has 1 aliphatic carbocycles. The van der Waals surface area contributed by atoms with Crippen molar-refractivity contribution in [3.63, 3.8) is 0 Å². The van der Waals surface area contributed by atoms with Gasteiger partial charge in [0, 0.05) is 7.11 Å². The van der Waals surface area contributed by atoms with Crippen molar-refractivity contribution >= 4 is 9.28 Å². The standard InChI is InChI=1S/C30H38O5Si/c1-32-30(20-27-17-18-28(31)29(19-27)33-21-24-11-5-2-6-12-24)36(34-22-25-13-7-3-8-14-25)35-23-26-15-9-4-10-16-26/h2-16,27-31,36H,17-23H2,1H3. The van der Waals surface area contributed by atoms with Crippen molar-refractivity contribution in [1.82, 2.24) is 0 Å². The van der Waals surface area contributed by atoms with Gasteiger partial charge in [-0.05, 0) is 48.3 Å². The van der Waals surface area contributed by atoms with Gasteiger partial charge in [-0.2, -0.15) is 0 Å². The maximum absolute atomic E-state index is 10.6. The van der Waals surface area contributed by atoms with Crippen LogP contribution >= 0.6 is 0 Å². The lowest BCUT2D eigenvalue weighted by Crippen LogP contribution is -2.42. The summed E-state index contributed by atoms with van der Waals surface area (Å²) in [7, 11) is -0.433. The molecule has 4 unspecified atom stereocenters. The Balaban J connectivity index is 1.37. The Kier molecular flexibility index (Phi) is 10.7. The monoisotopic (exact) mass is 506 g/mol. The number of rotatable bonds is 13. The Hall–Kier alpha value is -2.32. The molecule has 6 heteroatoms. The topological polar surface area (TPSA) is 57.2 Å². The number of benzene rings is 3. The van der Waals surface area contributed by atoms with E-state index in [4.69, 9.17) is 18.3 Å². The molecule has 1 saturated carbocycles. The molecule has 0 saturated heterocycles. The number of aliphatic hydroxyl groups excluding tert-OH is 1. The van der Waals surface area contributed by atoms with Crippen LogP contribution < -0.4 is 0 Å². The van der Waals surface area contributed by atoms with Gasteiger partial charge in [-0.3, -0.25) is 0 Å². The van der Waals surface area contributed by atoms with E-state index >= 15 is 0 Å². The van der Waals surface area contributed by atoms with E-state index < -0.39 is 15.4 Å². The Bertz CT molecular complexity index is 944. The van der Waals surface area contributed by atoms with Gasteiger partial charge in [0.1, 0.15) is 0 Å². The lowest BCUT2D eigenvalue weighted by molar-refractivity contribution is -0.0824. The highest BCUT2D eigenvalue weighted by Crippen LogP contribution is 2.32. The van der Waals surface area contributed by atoms with E-state index in [1.807, 2.05) is 54.6 Å². The fourth-order valence-corrected chi connectivity index (χ4v) is 6.85. The first-order valence-corrected chi connectivity index (χ1v) is 14.5. The first-order valence-electron chi connectivity index (χ1n) is 12.9. The SMILES string of the molecule is COC(CC1CCC(O)C(OCc2ccccc2)C1)[SiH](OCc1ccccc1)OCc1ccccc1. The summed E-state index contributed by atoms with van der Waals surface area (Å²) in [6.45, 7) is 1.54. The molecule has 0 heterocycles. The number of aliphatic hydroxyl groups is 1. The molecule has 0 aromatic heterocycles. The summed E-state index contributed by atoms with van der Waals surface area (Å²) < 4.78 is 25.0. The summed E-state index contributed by atoms with van der Waals surface area (Å²) in [4.78, 5) is 0. The largest absolute Gasteiger partial charge is 0.391 e. The lowest BCUT2D eigenvalue weighted by Gasteiger charge is -2.35. The van der Waals surface area contributed by atoms with Crippen LogP contribution in [0.4, 0.5) is 0 Å². The predicted octanol–water partition coefficient (Wildman–Crippen LogP) is 5.33. The van der Waals surface area contributed by atoms with Crippen LogP contribution in [-0.4, -0.2) is 39.4 Å². The maximum Gasteiger partial charge on any atom is 0.352 e. The number of methoxy groups -OCH3 is 1. The first kappa shape index (κ1) is 26.7. The van der Waals surface area contributed by atoms with Gasteiger partial charge in [-0.25, -0.2) is 0 Å². The Morgan fingerprint density at radius 1 is 0.750 bits per heavy atom. The average Bonchev–Trinajstić information content (AvgIpc) is 2.94. The highest BCUT2D eigenvalue weighted by molar-refractivity contribution is 6.46. The highest BCUT2D eigenvalue weighted by Gasteiger charge is 2.35. The number of hydrogen-bond acceptors (Lipinski definition) is 5. The second-order valence-electron chi connectivity index (χ2n) is 9.55. The van der Waals surface area contributed by atoms with Crippen LogP contribution in [-0.2, 0) is 38.1 Å². The van der Waals surface area contributed by atoms with E-state index in [0.717, 1.165) is 42.4 Å². The summed E-state index contributed by atoms with van der Waals surface area (Å²) in [5, 5.41) is 10.6. The van der Waals surface area contributed by atoms with Crippen molar-refractivity contribution in [2.45, 2.75) is 63.4 Å². The molecule has 0 spiro atoms. The van der Waals surface area contributed by atoms with E-state index in [9.17, 15) is 5.11 Å². The Morgan fingerprint density at radius 3 is 1.75 bits per heavy atom. The molecule has 4 rings (SSSR count). The smallest absolute Gasteiger partial charge is 0.352 e. The van der Waals surface area contributed by atoms with Crippen molar-refractivity contribution in [1.29, 1.82) is 0 Å². The van der Waals surface area contributed by atoms with Crippen LogP contribution in [0, 0.1) is 5.92 Å². The first-order chi connectivity index (χ1) is 17.7. The van der Waals surface area contributed by atoms with Gasteiger partial charge in [-0.15, -0.1) is 0 Å². The second-order valence-corrected chi connectivity index (χ2v) is 11.7. The molecule has 3 aromatic rings. The summed E-state index contributed by atoms with van der Waals surface area (Å²) in [6, 6.07) is 30.5. The van der Waals surface area contributed by atoms with E-state index in [1.54, 1.807) is 7.11 Å². The van der Waals surface area contributed by atoms with Gasteiger partial charge in [0.25, 0.3) is 0 Å². The molecule has 3 aromatic carbocycles.